The largest absolute Gasteiger partial charge is 0.376 e. The van der Waals surface area contributed by atoms with Crippen molar-refractivity contribution in [2.45, 2.75) is 38.5 Å². The second-order valence-electron chi connectivity index (χ2n) is 6.05. The molecule has 128 valence electrons. The third-order valence-corrected chi connectivity index (χ3v) is 5.07. The first-order valence-corrected chi connectivity index (χ1v) is 9.19. The number of carbonyl (C=O) groups is 1. The highest BCUT2D eigenvalue weighted by Crippen LogP contribution is 2.18. The standard InChI is InChI=1S/C18H23N3O2S/c1-14(15-6-8-19-9-7-15)20-18(22)21(12-16-4-2-10-23-16)13-17-5-3-11-24-17/h3,5-9,11,14,16H,2,4,10,12-13H2,1H3,(H,20,22)/t14-,16+/m1/s1. The lowest BCUT2D eigenvalue weighted by molar-refractivity contribution is 0.0792. The van der Waals surface area contributed by atoms with E-state index in [2.05, 4.69) is 16.4 Å². The van der Waals surface area contributed by atoms with E-state index in [9.17, 15) is 4.79 Å². The molecule has 3 heterocycles. The van der Waals surface area contributed by atoms with E-state index in [-0.39, 0.29) is 18.2 Å². The minimum Gasteiger partial charge on any atom is -0.376 e. The van der Waals surface area contributed by atoms with Crippen LogP contribution < -0.4 is 5.32 Å². The number of carbonyl (C=O) groups excluding carboxylic acids is 1. The lowest BCUT2D eigenvalue weighted by atomic mass is 10.1. The van der Waals surface area contributed by atoms with E-state index in [0.29, 0.717) is 13.1 Å². The molecule has 0 unspecified atom stereocenters. The van der Waals surface area contributed by atoms with E-state index in [0.717, 1.165) is 25.0 Å². The Morgan fingerprint density at radius 1 is 1.46 bits per heavy atom. The molecule has 1 aliphatic heterocycles. The summed E-state index contributed by atoms with van der Waals surface area (Å²) in [6.45, 7) is 4.04. The van der Waals surface area contributed by atoms with Crippen molar-refractivity contribution >= 4 is 17.4 Å². The van der Waals surface area contributed by atoms with Crippen LogP contribution in [-0.2, 0) is 11.3 Å². The summed E-state index contributed by atoms with van der Waals surface area (Å²) < 4.78 is 5.72. The lowest BCUT2D eigenvalue weighted by Crippen LogP contribution is -2.44. The SMILES string of the molecule is C[C@@H](NC(=O)N(Cc1cccs1)C[C@@H]1CCCO1)c1ccncc1. The van der Waals surface area contributed by atoms with Gasteiger partial charge in [0.05, 0.1) is 18.7 Å². The molecule has 2 amide bonds. The van der Waals surface area contributed by atoms with Gasteiger partial charge < -0.3 is 15.0 Å². The molecule has 5 nitrogen and oxygen atoms in total. The number of nitrogens with zero attached hydrogens (tertiary/aromatic N) is 2. The Morgan fingerprint density at radius 2 is 2.29 bits per heavy atom. The topological polar surface area (TPSA) is 54.5 Å². The number of amides is 2. The van der Waals surface area contributed by atoms with E-state index in [1.165, 1.54) is 4.88 Å². The third-order valence-electron chi connectivity index (χ3n) is 4.21. The predicted octanol–water partition coefficient (Wildman–Crippen LogP) is 3.59. The molecular weight excluding hydrogens is 322 g/mol. The van der Waals surface area contributed by atoms with Crippen LogP contribution in [0.4, 0.5) is 4.79 Å². The molecule has 6 heteroatoms. The highest BCUT2D eigenvalue weighted by atomic mass is 32.1. The maximum absolute atomic E-state index is 12.8. The van der Waals surface area contributed by atoms with Gasteiger partial charge in [0, 0.05) is 30.4 Å². The number of nitrogens with one attached hydrogen (secondary N) is 1. The number of aromatic nitrogens is 1. The average Bonchev–Trinajstić information content (AvgIpc) is 3.29. The van der Waals surface area contributed by atoms with Gasteiger partial charge in [-0.15, -0.1) is 11.3 Å². The van der Waals surface area contributed by atoms with Gasteiger partial charge in [-0.3, -0.25) is 4.98 Å². The summed E-state index contributed by atoms with van der Waals surface area (Å²) in [7, 11) is 0. The van der Waals surface area contributed by atoms with Crippen molar-refractivity contribution in [3.63, 3.8) is 0 Å². The van der Waals surface area contributed by atoms with E-state index < -0.39 is 0 Å². The van der Waals surface area contributed by atoms with Crippen molar-refractivity contribution in [3.05, 3.63) is 52.5 Å². The molecule has 2 aromatic heterocycles. The molecule has 2 atom stereocenters. The summed E-state index contributed by atoms with van der Waals surface area (Å²) in [5, 5.41) is 5.13. The average molecular weight is 345 g/mol. The van der Waals surface area contributed by atoms with Crippen LogP contribution >= 0.6 is 11.3 Å². The van der Waals surface area contributed by atoms with Crippen LogP contribution in [0.25, 0.3) is 0 Å². The number of urea groups is 1. The fraction of sp³-hybridized carbons (Fsp3) is 0.444. The number of thiophene rings is 1. The van der Waals surface area contributed by atoms with E-state index in [1.807, 2.05) is 35.4 Å². The predicted molar refractivity (Wildman–Crippen MR) is 94.9 cm³/mol. The van der Waals surface area contributed by atoms with E-state index in [4.69, 9.17) is 4.74 Å². The third kappa shape index (κ3) is 4.55. The summed E-state index contributed by atoms with van der Waals surface area (Å²) in [6.07, 6.45) is 5.73. The van der Waals surface area contributed by atoms with Crippen LogP contribution in [0.2, 0.25) is 0 Å². The fourth-order valence-electron chi connectivity index (χ4n) is 2.86. The van der Waals surface area contributed by atoms with Crippen molar-refractivity contribution in [1.29, 1.82) is 0 Å². The van der Waals surface area contributed by atoms with Crippen molar-refractivity contribution < 1.29 is 9.53 Å². The molecule has 0 spiro atoms. The first kappa shape index (κ1) is 16.9. The van der Waals surface area contributed by atoms with E-state index >= 15 is 0 Å². The second-order valence-corrected chi connectivity index (χ2v) is 7.08. The number of hydrogen-bond acceptors (Lipinski definition) is 4. The van der Waals surface area contributed by atoms with Gasteiger partial charge in [0.15, 0.2) is 0 Å². The zero-order valence-corrected chi connectivity index (χ0v) is 14.7. The maximum Gasteiger partial charge on any atom is 0.318 e. The molecule has 1 fully saturated rings. The molecule has 2 aromatic rings. The molecule has 0 radical (unpaired) electrons. The van der Waals surface area contributed by atoms with Crippen LogP contribution in [0.3, 0.4) is 0 Å². The van der Waals surface area contributed by atoms with Crippen LogP contribution in [-0.4, -0.2) is 35.2 Å². The normalized spacial score (nSPS) is 18.3. The zero-order valence-electron chi connectivity index (χ0n) is 13.9. The van der Waals surface area contributed by atoms with Gasteiger partial charge in [-0.1, -0.05) is 6.07 Å². The van der Waals surface area contributed by atoms with Gasteiger partial charge in [-0.25, -0.2) is 4.79 Å². The smallest absolute Gasteiger partial charge is 0.318 e. The van der Waals surface area contributed by atoms with Gasteiger partial charge in [-0.05, 0) is 48.9 Å². The Morgan fingerprint density at radius 3 is 2.96 bits per heavy atom. The molecule has 0 aromatic carbocycles. The van der Waals surface area contributed by atoms with Crippen LogP contribution in [0.15, 0.2) is 42.0 Å². The van der Waals surface area contributed by atoms with Crippen molar-refractivity contribution in [1.82, 2.24) is 15.2 Å². The Balaban J connectivity index is 1.65. The maximum atomic E-state index is 12.8. The van der Waals surface area contributed by atoms with Gasteiger partial charge >= 0.3 is 6.03 Å². The first-order chi connectivity index (χ1) is 11.7. The van der Waals surface area contributed by atoms with Gasteiger partial charge in [0.2, 0.25) is 0 Å². The van der Waals surface area contributed by atoms with Crippen LogP contribution in [0.1, 0.15) is 36.2 Å². The van der Waals surface area contributed by atoms with E-state index in [1.54, 1.807) is 23.7 Å². The Bertz CT molecular complexity index is 627. The minimum atomic E-state index is -0.0594. The summed E-state index contributed by atoms with van der Waals surface area (Å²) in [5.74, 6) is 0. The lowest BCUT2D eigenvalue weighted by Gasteiger charge is -2.27. The van der Waals surface area contributed by atoms with Crippen molar-refractivity contribution in [2.24, 2.45) is 0 Å². The van der Waals surface area contributed by atoms with Crippen LogP contribution in [0.5, 0.6) is 0 Å². The summed E-state index contributed by atoms with van der Waals surface area (Å²) >= 11 is 1.67. The second kappa shape index (κ2) is 8.26. The summed E-state index contributed by atoms with van der Waals surface area (Å²) in [6, 6.07) is 7.82. The molecule has 24 heavy (non-hydrogen) atoms. The number of hydrogen-bond donors (Lipinski definition) is 1. The zero-order chi connectivity index (χ0) is 16.8. The minimum absolute atomic E-state index is 0.0526. The summed E-state index contributed by atoms with van der Waals surface area (Å²) in [5.41, 5.74) is 1.05. The van der Waals surface area contributed by atoms with Gasteiger partial charge in [0.25, 0.3) is 0 Å². The Kier molecular flexibility index (Phi) is 5.82. The molecule has 1 N–H and O–H groups in total. The molecule has 0 saturated carbocycles. The van der Waals surface area contributed by atoms with Gasteiger partial charge in [-0.2, -0.15) is 0 Å². The Hall–Kier alpha value is -1.92. The van der Waals surface area contributed by atoms with Crippen molar-refractivity contribution in [3.8, 4) is 0 Å². The highest BCUT2D eigenvalue weighted by Gasteiger charge is 2.24. The van der Waals surface area contributed by atoms with Crippen LogP contribution in [0, 0.1) is 0 Å². The molecule has 1 saturated heterocycles. The van der Waals surface area contributed by atoms with Gasteiger partial charge in [0.1, 0.15) is 0 Å². The molecular formula is C18H23N3O2S. The monoisotopic (exact) mass is 345 g/mol. The highest BCUT2D eigenvalue weighted by molar-refractivity contribution is 7.09. The fourth-order valence-corrected chi connectivity index (χ4v) is 3.58. The molecule has 0 bridgehead atoms. The molecule has 1 aliphatic rings. The molecule has 3 rings (SSSR count). The quantitative estimate of drug-likeness (QED) is 0.870. The summed E-state index contributed by atoms with van der Waals surface area (Å²) in [4.78, 5) is 19.9. The van der Waals surface area contributed by atoms with Crippen molar-refractivity contribution in [2.75, 3.05) is 13.2 Å². The number of ether oxygens (including phenoxy) is 1. The molecule has 0 aliphatic carbocycles. The number of pyridine rings is 1. The number of rotatable bonds is 6. The Labute approximate surface area is 146 Å². The first-order valence-electron chi connectivity index (χ1n) is 8.31.